The van der Waals surface area contributed by atoms with Gasteiger partial charge in [-0.3, -0.25) is 15.0 Å². The molecule has 0 bridgehead atoms. The normalized spacial score (nSPS) is 16.8. The fraction of sp³-hybridized carbons (Fsp3) is 0.632. The van der Waals surface area contributed by atoms with E-state index in [9.17, 15) is 14.7 Å². The van der Waals surface area contributed by atoms with Crippen LogP contribution in [0.15, 0.2) is 23.9 Å². The summed E-state index contributed by atoms with van der Waals surface area (Å²) < 4.78 is 0. The van der Waals surface area contributed by atoms with Crippen molar-refractivity contribution in [3.05, 3.63) is 23.9 Å². The third kappa shape index (κ3) is 10.4. The quantitative estimate of drug-likeness (QED) is 0.161. The first-order valence-electron chi connectivity index (χ1n) is 9.63. The largest absolute Gasteiger partial charge is 0.388 e. The molecule has 0 aromatic heterocycles. The molecule has 1 heterocycles. The molecule has 0 saturated heterocycles. The summed E-state index contributed by atoms with van der Waals surface area (Å²) in [6, 6.07) is -0.832. The number of carbonyl (C=O) groups is 2. The van der Waals surface area contributed by atoms with Crippen LogP contribution in [0.4, 0.5) is 0 Å². The Bertz CT molecular complexity index is 560. The minimum Gasteiger partial charge on any atom is -0.388 e. The van der Waals surface area contributed by atoms with Crippen LogP contribution < -0.4 is 21.7 Å². The van der Waals surface area contributed by atoms with Gasteiger partial charge in [0.2, 0.25) is 11.8 Å². The molecule has 1 unspecified atom stereocenters. The van der Waals surface area contributed by atoms with Crippen LogP contribution in [0, 0.1) is 5.41 Å². The third-order valence-electron chi connectivity index (χ3n) is 4.23. The summed E-state index contributed by atoms with van der Waals surface area (Å²) in [6.45, 7) is 2.52. The number of hydrogen-bond acceptors (Lipinski definition) is 5. The Hall–Kier alpha value is -2.35. The Labute approximate surface area is 161 Å². The van der Waals surface area contributed by atoms with Crippen molar-refractivity contribution in [2.45, 2.75) is 70.6 Å². The van der Waals surface area contributed by atoms with Gasteiger partial charge < -0.3 is 26.8 Å². The minimum absolute atomic E-state index is 0.0102. The van der Waals surface area contributed by atoms with Gasteiger partial charge in [-0.25, -0.2) is 0 Å². The maximum absolute atomic E-state index is 12.4. The lowest BCUT2D eigenvalue weighted by Crippen LogP contribution is -2.48. The van der Waals surface area contributed by atoms with E-state index in [0.717, 1.165) is 37.7 Å². The first-order valence-corrected chi connectivity index (χ1v) is 9.63. The SMILES string of the molecule is CCCCCCCC(=O)N[C@H](CC(=N)N)C(=O)NCCC1=CNC(O)C=C1. The Balaban J connectivity index is 2.38. The molecule has 0 aliphatic carbocycles. The summed E-state index contributed by atoms with van der Waals surface area (Å²) >= 11 is 0. The number of rotatable bonds is 13. The molecule has 1 aliphatic rings. The first-order chi connectivity index (χ1) is 12.9. The van der Waals surface area contributed by atoms with Crippen LogP contribution in [-0.4, -0.2) is 41.6 Å². The van der Waals surface area contributed by atoms with Gasteiger partial charge in [-0.05, 0) is 24.5 Å². The molecule has 0 spiro atoms. The molecule has 2 atom stereocenters. The zero-order valence-corrected chi connectivity index (χ0v) is 16.1. The molecule has 0 aromatic rings. The van der Waals surface area contributed by atoms with Crippen LogP contribution in [-0.2, 0) is 9.59 Å². The van der Waals surface area contributed by atoms with E-state index < -0.39 is 12.3 Å². The topological polar surface area (TPSA) is 140 Å². The summed E-state index contributed by atoms with van der Waals surface area (Å²) in [4.78, 5) is 24.4. The van der Waals surface area contributed by atoms with Crippen molar-refractivity contribution in [1.29, 1.82) is 5.41 Å². The first kappa shape index (κ1) is 22.7. The maximum atomic E-state index is 12.4. The van der Waals surface area contributed by atoms with Gasteiger partial charge in [0.25, 0.3) is 0 Å². The van der Waals surface area contributed by atoms with Crippen LogP contribution >= 0.6 is 0 Å². The molecule has 8 nitrogen and oxygen atoms in total. The van der Waals surface area contributed by atoms with Crippen LogP contribution in [0.2, 0.25) is 0 Å². The molecular weight excluding hydrogens is 346 g/mol. The molecule has 0 aromatic carbocycles. The van der Waals surface area contributed by atoms with E-state index >= 15 is 0 Å². The molecule has 0 fully saturated rings. The van der Waals surface area contributed by atoms with E-state index in [2.05, 4.69) is 22.9 Å². The number of dihydropyridines is 1. The number of allylic oxidation sites excluding steroid dienone is 1. The third-order valence-corrected chi connectivity index (χ3v) is 4.23. The minimum atomic E-state index is -0.832. The van der Waals surface area contributed by atoms with Gasteiger partial charge in [0.15, 0.2) is 0 Å². The highest BCUT2D eigenvalue weighted by Gasteiger charge is 2.21. The van der Waals surface area contributed by atoms with E-state index in [1.165, 1.54) is 0 Å². The molecule has 7 N–H and O–H groups in total. The van der Waals surface area contributed by atoms with E-state index in [1.54, 1.807) is 18.4 Å². The van der Waals surface area contributed by atoms with Crippen molar-refractivity contribution in [3.63, 3.8) is 0 Å². The number of unbranched alkanes of at least 4 members (excludes halogenated alkanes) is 4. The zero-order chi connectivity index (χ0) is 20.1. The lowest BCUT2D eigenvalue weighted by atomic mass is 10.1. The van der Waals surface area contributed by atoms with Gasteiger partial charge in [-0.15, -0.1) is 0 Å². The van der Waals surface area contributed by atoms with Crippen LogP contribution in [0.1, 0.15) is 58.3 Å². The monoisotopic (exact) mass is 379 g/mol. The molecule has 0 radical (unpaired) electrons. The molecule has 1 rings (SSSR count). The summed E-state index contributed by atoms with van der Waals surface area (Å²) in [5.74, 6) is -0.684. The van der Waals surface area contributed by atoms with Crippen LogP contribution in [0.25, 0.3) is 0 Å². The standard InChI is InChI=1S/C19H33N5O3/c1-2-3-4-5-6-7-18(26)24-15(12-16(20)21)19(27)22-11-10-14-8-9-17(25)23-13-14/h8-9,13,15,17,23,25H,2-7,10-12H2,1H3,(H3,20,21)(H,22,27)(H,24,26)/t15-,17?/m1/s1. The highest BCUT2D eigenvalue weighted by molar-refractivity contribution is 5.92. The van der Waals surface area contributed by atoms with E-state index in [1.807, 2.05) is 0 Å². The van der Waals surface area contributed by atoms with Crippen molar-refractivity contribution in [2.24, 2.45) is 5.73 Å². The molecule has 152 valence electrons. The fourth-order valence-corrected chi connectivity index (χ4v) is 2.70. The van der Waals surface area contributed by atoms with Gasteiger partial charge in [0, 0.05) is 25.6 Å². The smallest absolute Gasteiger partial charge is 0.243 e. The van der Waals surface area contributed by atoms with Crippen molar-refractivity contribution >= 4 is 17.6 Å². The average molecular weight is 380 g/mol. The van der Waals surface area contributed by atoms with E-state index in [0.29, 0.717) is 19.4 Å². The van der Waals surface area contributed by atoms with Crippen molar-refractivity contribution in [2.75, 3.05) is 6.54 Å². The Morgan fingerprint density at radius 2 is 2.07 bits per heavy atom. The van der Waals surface area contributed by atoms with Crippen molar-refractivity contribution in [3.8, 4) is 0 Å². The van der Waals surface area contributed by atoms with Crippen molar-refractivity contribution in [1.82, 2.24) is 16.0 Å². The summed E-state index contributed by atoms with van der Waals surface area (Å²) in [5, 5.41) is 25.0. The zero-order valence-electron chi connectivity index (χ0n) is 16.1. The number of nitrogens with two attached hydrogens (primary N) is 1. The van der Waals surface area contributed by atoms with Gasteiger partial charge in [-0.2, -0.15) is 0 Å². The van der Waals surface area contributed by atoms with Gasteiger partial charge in [0.1, 0.15) is 12.3 Å². The average Bonchev–Trinajstić information content (AvgIpc) is 2.62. The number of aliphatic hydroxyl groups excluding tert-OH is 1. The lowest BCUT2D eigenvalue weighted by Gasteiger charge is -2.19. The molecule has 8 heteroatoms. The van der Waals surface area contributed by atoms with Crippen molar-refractivity contribution < 1.29 is 14.7 Å². The molecule has 0 saturated carbocycles. The molecular formula is C19H33N5O3. The second-order valence-electron chi connectivity index (χ2n) is 6.74. The van der Waals surface area contributed by atoms with Crippen LogP contribution in [0.3, 0.4) is 0 Å². The molecule has 1 aliphatic heterocycles. The maximum Gasteiger partial charge on any atom is 0.243 e. The van der Waals surface area contributed by atoms with Gasteiger partial charge in [-0.1, -0.05) is 38.7 Å². The second-order valence-corrected chi connectivity index (χ2v) is 6.74. The summed E-state index contributed by atoms with van der Waals surface area (Å²) in [5.41, 5.74) is 6.37. The Kier molecular flexibility index (Phi) is 10.9. The number of aliphatic hydroxyl groups is 1. The fourth-order valence-electron chi connectivity index (χ4n) is 2.70. The van der Waals surface area contributed by atoms with E-state index in [4.69, 9.17) is 11.1 Å². The summed E-state index contributed by atoms with van der Waals surface area (Å²) in [6.07, 6.45) is 10.6. The highest BCUT2D eigenvalue weighted by Crippen LogP contribution is 2.07. The number of hydrogen-bond donors (Lipinski definition) is 6. The Morgan fingerprint density at radius 1 is 1.33 bits per heavy atom. The molecule has 2 amide bonds. The molecule has 27 heavy (non-hydrogen) atoms. The second kappa shape index (κ2) is 12.9. The predicted octanol–water partition coefficient (Wildman–Crippen LogP) is 1.03. The number of amides is 2. The summed E-state index contributed by atoms with van der Waals surface area (Å²) in [7, 11) is 0. The van der Waals surface area contributed by atoms with Gasteiger partial charge >= 0.3 is 0 Å². The number of carbonyl (C=O) groups excluding carboxylic acids is 2. The Morgan fingerprint density at radius 3 is 2.70 bits per heavy atom. The van der Waals surface area contributed by atoms with E-state index in [-0.39, 0.29) is 24.1 Å². The predicted molar refractivity (Wildman–Crippen MR) is 106 cm³/mol. The van der Waals surface area contributed by atoms with Crippen LogP contribution in [0.5, 0.6) is 0 Å². The number of amidine groups is 1. The number of nitrogens with one attached hydrogen (secondary N) is 4. The van der Waals surface area contributed by atoms with Gasteiger partial charge in [0.05, 0.1) is 5.84 Å². The lowest BCUT2D eigenvalue weighted by molar-refractivity contribution is -0.128. The highest BCUT2D eigenvalue weighted by atomic mass is 16.3.